The van der Waals surface area contributed by atoms with Crippen LogP contribution in [0.25, 0.3) is 0 Å². The van der Waals surface area contributed by atoms with Gasteiger partial charge in [-0.25, -0.2) is 0 Å². The molecule has 0 aliphatic carbocycles. The SMILES string of the molecule is CC(CCl)CCc1cncc(Br)c1. The summed E-state index contributed by atoms with van der Waals surface area (Å²) in [5.41, 5.74) is 1.27. The van der Waals surface area contributed by atoms with Crippen LogP contribution in [0.5, 0.6) is 0 Å². The Hall–Kier alpha value is -0.0800. The van der Waals surface area contributed by atoms with Crippen molar-refractivity contribution in [3.63, 3.8) is 0 Å². The Balaban J connectivity index is 2.45. The normalized spacial score (nSPS) is 12.8. The maximum absolute atomic E-state index is 5.72. The molecule has 0 spiro atoms. The summed E-state index contributed by atoms with van der Waals surface area (Å²) in [4.78, 5) is 4.11. The van der Waals surface area contributed by atoms with Gasteiger partial charge in [0.2, 0.25) is 0 Å². The van der Waals surface area contributed by atoms with Crippen molar-refractivity contribution in [3.05, 3.63) is 28.5 Å². The van der Waals surface area contributed by atoms with E-state index in [1.54, 1.807) is 6.20 Å². The van der Waals surface area contributed by atoms with E-state index < -0.39 is 0 Å². The fourth-order valence-corrected chi connectivity index (χ4v) is 1.65. The van der Waals surface area contributed by atoms with Crippen LogP contribution in [0, 0.1) is 5.92 Å². The molecule has 0 fully saturated rings. The number of aromatic nitrogens is 1. The molecule has 0 amide bonds. The van der Waals surface area contributed by atoms with Gasteiger partial charge in [-0.15, -0.1) is 11.6 Å². The topological polar surface area (TPSA) is 12.9 Å². The first-order valence-corrected chi connectivity index (χ1v) is 5.70. The summed E-state index contributed by atoms with van der Waals surface area (Å²) >= 11 is 9.12. The van der Waals surface area contributed by atoms with E-state index in [0.29, 0.717) is 5.92 Å². The lowest BCUT2D eigenvalue weighted by Gasteiger charge is -2.06. The van der Waals surface area contributed by atoms with E-state index >= 15 is 0 Å². The van der Waals surface area contributed by atoms with Crippen LogP contribution in [-0.4, -0.2) is 10.9 Å². The molecular weight excluding hydrogens is 249 g/mol. The summed E-state index contributed by atoms with van der Waals surface area (Å²) < 4.78 is 1.04. The maximum Gasteiger partial charge on any atom is 0.0410 e. The van der Waals surface area contributed by atoms with E-state index in [1.165, 1.54) is 5.56 Å². The summed E-state index contributed by atoms with van der Waals surface area (Å²) in [6, 6.07) is 2.11. The third kappa shape index (κ3) is 4.10. The monoisotopic (exact) mass is 261 g/mol. The molecule has 1 heterocycles. The van der Waals surface area contributed by atoms with Gasteiger partial charge in [-0.2, -0.15) is 0 Å². The fraction of sp³-hybridized carbons (Fsp3) is 0.500. The second-order valence-corrected chi connectivity index (χ2v) is 4.53. The van der Waals surface area contributed by atoms with Gasteiger partial charge >= 0.3 is 0 Å². The van der Waals surface area contributed by atoms with Crippen LogP contribution in [0.2, 0.25) is 0 Å². The highest BCUT2D eigenvalue weighted by molar-refractivity contribution is 9.10. The Morgan fingerprint density at radius 3 is 2.92 bits per heavy atom. The average molecular weight is 263 g/mol. The molecule has 1 aromatic rings. The first-order valence-electron chi connectivity index (χ1n) is 4.37. The number of aryl methyl sites for hydroxylation is 1. The van der Waals surface area contributed by atoms with E-state index in [4.69, 9.17) is 11.6 Å². The molecule has 0 bridgehead atoms. The highest BCUT2D eigenvalue weighted by atomic mass is 79.9. The molecular formula is C10H13BrClN. The number of hydrogen-bond donors (Lipinski definition) is 0. The van der Waals surface area contributed by atoms with Crippen molar-refractivity contribution < 1.29 is 0 Å². The van der Waals surface area contributed by atoms with Crippen LogP contribution >= 0.6 is 27.5 Å². The van der Waals surface area contributed by atoms with Gasteiger partial charge in [-0.3, -0.25) is 4.98 Å². The Labute approximate surface area is 92.6 Å². The quantitative estimate of drug-likeness (QED) is 0.755. The van der Waals surface area contributed by atoms with Gasteiger partial charge in [-0.05, 0) is 46.3 Å². The molecule has 72 valence electrons. The molecule has 1 unspecified atom stereocenters. The molecule has 0 N–H and O–H groups in total. The molecule has 13 heavy (non-hydrogen) atoms. The van der Waals surface area contributed by atoms with Crippen molar-refractivity contribution in [1.82, 2.24) is 4.98 Å². The predicted molar refractivity (Wildman–Crippen MR) is 60.1 cm³/mol. The summed E-state index contributed by atoms with van der Waals surface area (Å²) in [7, 11) is 0. The highest BCUT2D eigenvalue weighted by Gasteiger charge is 2.01. The number of alkyl halides is 1. The van der Waals surface area contributed by atoms with Crippen LogP contribution in [0.1, 0.15) is 18.9 Å². The number of nitrogens with zero attached hydrogens (tertiary/aromatic N) is 1. The molecule has 3 heteroatoms. The smallest absolute Gasteiger partial charge is 0.0410 e. The lowest BCUT2D eigenvalue weighted by Crippen LogP contribution is -1.98. The van der Waals surface area contributed by atoms with E-state index in [1.807, 2.05) is 6.20 Å². The van der Waals surface area contributed by atoms with Gasteiger partial charge in [0.15, 0.2) is 0 Å². The van der Waals surface area contributed by atoms with Gasteiger partial charge in [-0.1, -0.05) is 6.92 Å². The van der Waals surface area contributed by atoms with Crippen LogP contribution in [0.4, 0.5) is 0 Å². The Morgan fingerprint density at radius 2 is 2.31 bits per heavy atom. The molecule has 0 aliphatic heterocycles. The largest absolute Gasteiger partial charge is 0.263 e. The van der Waals surface area contributed by atoms with Gasteiger partial charge in [0.05, 0.1) is 0 Å². The van der Waals surface area contributed by atoms with E-state index in [-0.39, 0.29) is 0 Å². The number of pyridine rings is 1. The van der Waals surface area contributed by atoms with Crippen molar-refractivity contribution in [1.29, 1.82) is 0 Å². The molecule has 1 rings (SSSR count). The minimum atomic E-state index is 0.584. The predicted octanol–water partition coefficient (Wildman–Crippen LogP) is 3.65. The van der Waals surface area contributed by atoms with Crippen molar-refractivity contribution in [3.8, 4) is 0 Å². The first kappa shape index (κ1) is 11.0. The Bertz CT molecular complexity index is 265. The molecule has 1 atom stereocenters. The number of rotatable bonds is 4. The van der Waals surface area contributed by atoms with Gasteiger partial charge in [0, 0.05) is 22.7 Å². The lowest BCUT2D eigenvalue weighted by atomic mass is 10.0. The second-order valence-electron chi connectivity index (χ2n) is 3.31. The zero-order valence-corrected chi connectivity index (χ0v) is 9.98. The van der Waals surface area contributed by atoms with Crippen LogP contribution in [0.15, 0.2) is 22.9 Å². The van der Waals surface area contributed by atoms with Crippen molar-refractivity contribution >= 4 is 27.5 Å². The number of hydrogen-bond acceptors (Lipinski definition) is 1. The zero-order valence-electron chi connectivity index (χ0n) is 7.63. The van der Waals surface area contributed by atoms with Crippen LogP contribution in [0.3, 0.4) is 0 Å². The van der Waals surface area contributed by atoms with Crippen LogP contribution < -0.4 is 0 Å². The molecule has 1 nitrogen and oxygen atoms in total. The van der Waals surface area contributed by atoms with Crippen molar-refractivity contribution in [2.24, 2.45) is 5.92 Å². The van der Waals surface area contributed by atoms with E-state index in [9.17, 15) is 0 Å². The molecule has 0 radical (unpaired) electrons. The maximum atomic E-state index is 5.72. The Kier molecular flexibility index (Phi) is 4.74. The highest BCUT2D eigenvalue weighted by Crippen LogP contribution is 2.14. The Morgan fingerprint density at radius 1 is 1.54 bits per heavy atom. The fourth-order valence-electron chi connectivity index (χ4n) is 1.08. The molecule has 0 saturated carbocycles. The number of halogens is 2. The molecule has 0 aromatic carbocycles. The molecule has 0 aliphatic rings. The lowest BCUT2D eigenvalue weighted by molar-refractivity contribution is 0.592. The van der Waals surface area contributed by atoms with Gasteiger partial charge in [0.25, 0.3) is 0 Å². The van der Waals surface area contributed by atoms with Gasteiger partial charge < -0.3 is 0 Å². The third-order valence-corrected chi connectivity index (χ3v) is 2.91. The van der Waals surface area contributed by atoms with Crippen molar-refractivity contribution in [2.75, 3.05) is 5.88 Å². The molecule has 0 saturated heterocycles. The van der Waals surface area contributed by atoms with E-state index in [2.05, 4.69) is 33.9 Å². The van der Waals surface area contributed by atoms with E-state index in [0.717, 1.165) is 23.2 Å². The minimum Gasteiger partial charge on any atom is -0.263 e. The summed E-state index contributed by atoms with van der Waals surface area (Å²) in [5, 5.41) is 0. The van der Waals surface area contributed by atoms with Crippen LogP contribution in [-0.2, 0) is 6.42 Å². The standard InChI is InChI=1S/C10H13BrClN/c1-8(5-12)2-3-9-4-10(11)7-13-6-9/h4,6-8H,2-3,5H2,1H3. The average Bonchev–Trinajstić information content (AvgIpc) is 2.14. The molecule has 1 aromatic heterocycles. The summed E-state index contributed by atoms with van der Waals surface area (Å²) in [5.74, 6) is 1.32. The second kappa shape index (κ2) is 5.61. The summed E-state index contributed by atoms with van der Waals surface area (Å²) in [6.45, 7) is 2.17. The zero-order chi connectivity index (χ0) is 9.68. The summed E-state index contributed by atoms with van der Waals surface area (Å²) in [6.07, 6.45) is 5.89. The van der Waals surface area contributed by atoms with Crippen molar-refractivity contribution in [2.45, 2.75) is 19.8 Å². The minimum absolute atomic E-state index is 0.584. The van der Waals surface area contributed by atoms with Gasteiger partial charge in [0.1, 0.15) is 0 Å². The first-order chi connectivity index (χ1) is 6.22. The third-order valence-electron chi connectivity index (χ3n) is 1.95.